The summed E-state index contributed by atoms with van der Waals surface area (Å²) in [6, 6.07) is 12.5. The standard InChI is InChI=1S/C20H25NO4/c1-4-24-19-12-14(5-10-18(19)25-13(2)3)11-17(20(22)23)15-6-8-16(21)9-7-15/h5-10,12-13,17H,4,11,21H2,1-3H3,(H,22,23). The summed E-state index contributed by atoms with van der Waals surface area (Å²) in [7, 11) is 0. The smallest absolute Gasteiger partial charge is 0.311 e. The lowest BCUT2D eigenvalue weighted by Crippen LogP contribution is -2.15. The summed E-state index contributed by atoms with van der Waals surface area (Å²) >= 11 is 0. The molecule has 25 heavy (non-hydrogen) atoms. The molecule has 2 aromatic carbocycles. The van der Waals surface area contributed by atoms with Gasteiger partial charge in [0.2, 0.25) is 0 Å². The van der Waals surface area contributed by atoms with Crippen LogP contribution in [0.4, 0.5) is 5.69 Å². The van der Waals surface area contributed by atoms with Crippen molar-refractivity contribution in [2.24, 2.45) is 0 Å². The molecule has 0 spiro atoms. The number of hydrogen-bond donors (Lipinski definition) is 2. The van der Waals surface area contributed by atoms with Crippen molar-refractivity contribution in [1.82, 2.24) is 0 Å². The SMILES string of the molecule is CCOc1cc(CC(C(=O)O)c2ccc(N)cc2)ccc1OC(C)C. The summed E-state index contributed by atoms with van der Waals surface area (Å²) in [4.78, 5) is 11.7. The lowest BCUT2D eigenvalue weighted by molar-refractivity contribution is -0.138. The van der Waals surface area contributed by atoms with Gasteiger partial charge in [0.05, 0.1) is 18.6 Å². The lowest BCUT2D eigenvalue weighted by atomic mass is 9.92. The third-order valence-corrected chi connectivity index (χ3v) is 3.75. The van der Waals surface area contributed by atoms with Crippen LogP contribution in [0.3, 0.4) is 0 Å². The van der Waals surface area contributed by atoms with Gasteiger partial charge in [0, 0.05) is 5.69 Å². The highest BCUT2D eigenvalue weighted by Crippen LogP contribution is 2.32. The number of benzene rings is 2. The summed E-state index contributed by atoms with van der Waals surface area (Å²) in [6.07, 6.45) is 0.396. The van der Waals surface area contributed by atoms with Gasteiger partial charge in [-0.15, -0.1) is 0 Å². The molecule has 0 amide bonds. The molecule has 5 nitrogen and oxygen atoms in total. The summed E-state index contributed by atoms with van der Waals surface area (Å²) < 4.78 is 11.4. The Balaban J connectivity index is 2.28. The summed E-state index contributed by atoms with van der Waals surface area (Å²) in [6.45, 7) is 6.31. The molecule has 0 aliphatic carbocycles. The first-order valence-corrected chi connectivity index (χ1v) is 8.41. The molecule has 3 N–H and O–H groups in total. The highest BCUT2D eigenvalue weighted by Gasteiger charge is 2.21. The molecule has 134 valence electrons. The molecule has 1 unspecified atom stereocenters. The Labute approximate surface area is 148 Å². The van der Waals surface area contributed by atoms with E-state index in [1.165, 1.54) is 0 Å². The third kappa shape index (κ3) is 5.14. The normalized spacial score (nSPS) is 12.0. The number of anilines is 1. The van der Waals surface area contributed by atoms with E-state index < -0.39 is 11.9 Å². The molecule has 2 aromatic rings. The summed E-state index contributed by atoms with van der Waals surface area (Å²) in [5.74, 6) is -0.215. The Hall–Kier alpha value is -2.69. The predicted molar refractivity (Wildman–Crippen MR) is 98.3 cm³/mol. The molecule has 2 rings (SSSR count). The Morgan fingerprint density at radius 2 is 1.80 bits per heavy atom. The van der Waals surface area contributed by atoms with Gasteiger partial charge in [-0.25, -0.2) is 0 Å². The minimum absolute atomic E-state index is 0.0339. The fraction of sp³-hybridized carbons (Fsp3) is 0.350. The van der Waals surface area contributed by atoms with Gasteiger partial charge < -0.3 is 20.3 Å². The van der Waals surface area contributed by atoms with Crippen molar-refractivity contribution in [3.05, 3.63) is 53.6 Å². The second kappa shape index (κ2) is 8.42. The van der Waals surface area contributed by atoms with Crippen molar-refractivity contribution in [3.63, 3.8) is 0 Å². The molecular weight excluding hydrogens is 318 g/mol. The zero-order valence-corrected chi connectivity index (χ0v) is 14.9. The molecule has 0 radical (unpaired) electrons. The lowest BCUT2D eigenvalue weighted by Gasteiger charge is -2.17. The number of rotatable bonds is 8. The number of carboxylic acid groups (broad SMARTS) is 1. The van der Waals surface area contributed by atoms with Crippen molar-refractivity contribution in [3.8, 4) is 11.5 Å². The van der Waals surface area contributed by atoms with Crippen LogP contribution in [0.15, 0.2) is 42.5 Å². The number of aliphatic carboxylic acids is 1. The van der Waals surface area contributed by atoms with Crippen molar-refractivity contribution in [2.45, 2.75) is 39.2 Å². The zero-order chi connectivity index (χ0) is 18.4. The Morgan fingerprint density at radius 1 is 1.12 bits per heavy atom. The molecule has 0 aliphatic rings. The third-order valence-electron chi connectivity index (χ3n) is 3.75. The minimum atomic E-state index is -0.870. The van der Waals surface area contributed by atoms with Gasteiger partial charge in [0.1, 0.15) is 0 Å². The first-order valence-electron chi connectivity index (χ1n) is 8.41. The molecule has 0 fully saturated rings. The van der Waals surface area contributed by atoms with Crippen LogP contribution in [0.2, 0.25) is 0 Å². The van der Waals surface area contributed by atoms with Gasteiger partial charge in [-0.1, -0.05) is 18.2 Å². The maximum atomic E-state index is 11.7. The van der Waals surface area contributed by atoms with E-state index >= 15 is 0 Å². The van der Waals surface area contributed by atoms with Gasteiger partial charge >= 0.3 is 5.97 Å². The zero-order valence-electron chi connectivity index (χ0n) is 14.9. The molecule has 0 aromatic heterocycles. The van der Waals surface area contributed by atoms with Crippen molar-refractivity contribution >= 4 is 11.7 Å². The quantitative estimate of drug-likeness (QED) is 0.711. The van der Waals surface area contributed by atoms with Crippen molar-refractivity contribution in [1.29, 1.82) is 0 Å². The largest absolute Gasteiger partial charge is 0.490 e. The van der Waals surface area contributed by atoms with Crippen LogP contribution >= 0.6 is 0 Å². The second-order valence-electron chi connectivity index (χ2n) is 6.14. The van der Waals surface area contributed by atoms with E-state index in [0.29, 0.717) is 30.2 Å². The predicted octanol–water partition coefficient (Wildman–Crippen LogP) is 3.87. The van der Waals surface area contributed by atoms with Gasteiger partial charge in [0.25, 0.3) is 0 Å². The van der Waals surface area contributed by atoms with Crippen molar-refractivity contribution < 1.29 is 19.4 Å². The van der Waals surface area contributed by atoms with Crippen molar-refractivity contribution in [2.75, 3.05) is 12.3 Å². The first-order chi connectivity index (χ1) is 11.9. The van der Waals surface area contributed by atoms with Gasteiger partial charge in [0.15, 0.2) is 11.5 Å². The topological polar surface area (TPSA) is 81.8 Å². The second-order valence-corrected chi connectivity index (χ2v) is 6.14. The van der Waals surface area contributed by atoms with Crippen LogP contribution < -0.4 is 15.2 Å². The number of carboxylic acids is 1. The van der Waals surface area contributed by atoms with E-state index in [-0.39, 0.29) is 6.10 Å². The van der Waals surface area contributed by atoms with Crippen LogP contribution in [0, 0.1) is 0 Å². The van der Waals surface area contributed by atoms with E-state index in [4.69, 9.17) is 15.2 Å². The van der Waals surface area contributed by atoms with Gasteiger partial charge in [-0.05, 0) is 62.6 Å². The van der Waals surface area contributed by atoms with E-state index in [9.17, 15) is 9.90 Å². The molecule has 0 aliphatic heterocycles. The minimum Gasteiger partial charge on any atom is -0.490 e. The van der Waals surface area contributed by atoms with Crippen LogP contribution in [0.5, 0.6) is 11.5 Å². The van der Waals surface area contributed by atoms with Crippen LogP contribution in [-0.4, -0.2) is 23.8 Å². The van der Waals surface area contributed by atoms with E-state index in [1.54, 1.807) is 24.3 Å². The average molecular weight is 343 g/mol. The highest BCUT2D eigenvalue weighted by molar-refractivity contribution is 5.76. The van der Waals surface area contributed by atoms with Crippen LogP contribution in [0.1, 0.15) is 37.8 Å². The van der Waals surface area contributed by atoms with Gasteiger partial charge in [-0.3, -0.25) is 4.79 Å². The number of carbonyl (C=O) groups is 1. The van der Waals surface area contributed by atoms with E-state index in [0.717, 1.165) is 11.1 Å². The number of hydrogen-bond acceptors (Lipinski definition) is 4. The van der Waals surface area contributed by atoms with Crippen LogP contribution in [-0.2, 0) is 11.2 Å². The molecule has 0 saturated carbocycles. The Morgan fingerprint density at radius 3 is 2.36 bits per heavy atom. The fourth-order valence-electron chi connectivity index (χ4n) is 2.61. The molecule has 0 bridgehead atoms. The van der Waals surface area contributed by atoms with Crippen LogP contribution in [0.25, 0.3) is 0 Å². The highest BCUT2D eigenvalue weighted by atomic mass is 16.5. The molecular formula is C20H25NO4. The van der Waals surface area contributed by atoms with Gasteiger partial charge in [-0.2, -0.15) is 0 Å². The molecule has 0 saturated heterocycles. The average Bonchev–Trinajstić information content (AvgIpc) is 2.55. The monoisotopic (exact) mass is 343 g/mol. The molecule has 1 atom stereocenters. The summed E-state index contributed by atoms with van der Waals surface area (Å²) in [5.41, 5.74) is 7.90. The molecule has 5 heteroatoms. The summed E-state index contributed by atoms with van der Waals surface area (Å²) in [5, 5.41) is 9.62. The maximum Gasteiger partial charge on any atom is 0.311 e. The Bertz CT molecular complexity index is 710. The number of ether oxygens (including phenoxy) is 2. The maximum absolute atomic E-state index is 11.7. The number of nitrogens with two attached hydrogens (primary N) is 1. The fourth-order valence-corrected chi connectivity index (χ4v) is 2.61. The first kappa shape index (κ1) is 18.6. The van der Waals surface area contributed by atoms with E-state index in [1.807, 2.05) is 39.0 Å². The number of nitrogen functional groups attached to an aromatic ring is 1. The Kier molecular flexibility index (Phi) is 6.28. The van der Waals surface area contributed by atoms with E-state index in [2.05, 4.69) is 0 Å². The molecule has 0 heterocycles.